The topological polar surface area (TPSA) is 62.1 Å². The maximum atomic E-state index is 12.7. The molecule has 0 saturated carbocycles. The summed E-state index contributed by atoms with van der Waals surface area (Å²) in [5, 5.41) is 12.7. The molecule has 0 aliphatic rings. The van der Waals surface area contributed by atoms with Crippen molar-refractivity contribution in [3.05, 3.63) is 124 Å². The van der Waals surface area contributed by atoms with E-state index in [0.717, 1.165) is 21.8 Å². The molecule has 0 radical (unpaired) electrons. The minimum atomic E-state index is -0.130. The van der Waals surface area contributed by atoms with E-state index in [0.29, 0.717) is 28.6 Å². The van der Waals surface area contributed by atoms with Crippen LogP contribution >= 0.6 is 23.4 Å². The molecule has 174 valence electrons. The fourth-order valence-electron chi connectivity index (χ4n) is 3.46. The lowest BCUT2D eigenvalue weighted by Crippen LogP contribution is -2.14. The van der Waals surface area contributed by atoms with Crippen LogP contribution in [0.3, 0.4) is 0 Å². The number of anilines is 1. The molecule has 0 aromatic heterocycles. The second-order valence-electron chi connectivity index (χ2n) is 7.84. The van der Waals surface area contributed by atoms with Crippen molar-refractivity contribution < 1.29 is 9.53 Å². The monoisotopic (exact) mass is 498 g/mol. The number of ether oxygens (including phenoxy) is 1. The van der Waals surface area contributed by atoms with Crippen molar-refractivity contribution in [2.45, 2.75) is 23.7 Å². The van der Waals surface area contributed by atoms with Crippen LogP contribution in [0.1, 0.15) is 22.3 Å². The molecule has 0 unspecified atom stereocenters. The van der Waals surface area contributed by atoms with Gasteiger partial charge < -0.3 is 10.1 Å². The molecular formula is C29H23ClN2O2S. The molecule has 0 spiro atoms. The zero-order chi connectivity index (χ0) is 24.5. The largest absolute Gasteiger partial charge is 0.489 e. The number of carbonyl (C=O) groups is 1. The van der Waals surface area contributed by atoms with E-state index < -0.39 is 0 Å². The van der Waals surface area contributed by atoms with Gasteiger partial charge in [-0.3, -0.25) is 4.79 Å². The highest BCUT2D eigenvalue weighted by molar-refractivity contribution is 7.98. The maximum Gasteiger partial charge on any atom is 0.228 e. The maximum absolute atomic E-state index is 12.7. The molecule has 0 aliphatic carbocycles. The van der Waals surface area contributed by atoms with Gasteiger partial charge in [0, 0.05) is 26.9 Å². The number of rotatable bonds is 9. The summed E-state index contributed by atoms with van der Waals surface area (Å²) in [4.78, 5) is 13.7. The SMILES string of the molecule is N#Cc1cccc(OCc2ccc(NC(=O)Cc3ccccc3Cl)cc2SCc2ccccc2)c1. The number of nitrogens with zero attached hydrogens (tertiary/aromatic N) is 1. The van der Waals surface area contributed by atoms with Gasteiger partial charge in [0.2, 0.25) is 5.91 Å². The Morgan fingerprint density at radius 2 is 1.71 bits per heavy atom. The van der Waals surface area contributed by atoms with E-state index in [2.05, 4.69) is 23.5 Å². The molecule has 4 nitrogen and oxygen atoms in total. The second kappa shape index (κ2) is 12.1. The Balaban J connectivity index is 1.50. The first-order chi connectivity index (χ1) is 17.1. The number of nitriles is 1. The number of hydrogen-bond donors (Lipinski definition) is 1. The van der Waals surface area contributed by atoms with E-state index in [4.69, 9.17) is 21.6 Å². The quantitative estimate of drug-likeness (QED) is 0.246. The van der Waals surface area contributed by atoms with Crippen LogP contribution < -0.4 is 10.1 Å². The molecule has 1 N–H and O–H groups in total. The number of amides is 1. The lowest BCUT2D eigenvalue weighted by molar-refractivity contribution is -0.115. The van der Waals surface area contributed by atoms with Gasteiger partial charge >= 0.3 is 0 Å². The van der Waals surface area contributed by atoms with Crippen LogP contribution in [0.2, 0.25) is 5.02 Å². The second-order valence-corrected chi connectivity index (χ2v) is 9.27. The average molecular weight is 499 g/mol. The summed E-state index contributed by atoms with van der Waals surface area (Å²) in [5.41, 5.74) is 4.26. The highest BCUT2D eigenvalue weighted by Crippen LogP contribution is 2.30. The lowest BCUT2D eigenvalue weighted by Gasteiger charge is -2.14. The third-order valence-electron chi connectivity index (χ3n) is 5.25. The molecule has 0 fully saturated rings. The first-order valence-electron chi connectivity index (χ1n) is 11.1. The van der Waals surface area contributed by atoms with E-state index in [9.17, 15) is 4.79 Å². The third-order valence-corrected chi connectivity index (χ3v) is 6.79. The Hall–Kier alpha value is -3.72. The van der Waals surface area contributed by atoms with Crippen molar-refractivity contribution in [1.29, 1.82) is 5.26 Å². The van der Waals surface area contributed by atoms with Gasteiger partial charge in [-0.25, -0.2) is 0 Å². The summed E-state index contributed by atoms with van der Waals surface area (Å²) in [6.45, 7) is 0.347. The number of halogens is 1. The van der Waals surface area contributed by atoms with Crippen molar-refractivity contribution in [3.8, 4) is 11.8 Å². The number of thioether (sulfide) groups is 1. The number of benzene rings is 4. The van der Waals surface area contributed by atoms with Crippen molar-refractivity contribution >= 4 is 35.0 Å². The van der Waals surface area contributed by atoms with Crippen LogP contribution in [0.4, 0.5) is 5.69 Å². The zero-order valence-electron chi connectivity index (χ0n) is 18.9. The summed E-state index contributed by atoms with van der Waals surface area (Å²) in [7, 11) is 0. The molecule has 1 amide bonds. The Bertz CT molecular complexity index is 1350. The van der Waals surface area contributed by atoms with Gasteiger partial charge in [0.05, 0.1) is 18.1 Å². The minimum absolute atomic E-state index is 0.130. The fourth-order valence-corrected chi connectivity index (χ4v) is 4.70. The van der Waals surface area contributed by atoms with Gasteiger partial charge in [-0.05, 0) is 47.5 Å². The predicted octanol–water partition coefficient (Wildman–Crippen LogP) is 7.26. The first-order valence-corrected chi connectivity index (χ1v) is 12.4. The normalized spacial score (nSPS) is 10.4. The van der Waals surface area contributed by atoms with Crippen molar-refractivity contribution in [1.82, 2.24) is 0 Å². The predicted molar refractivity (Wildman–Crippen MR) is 142 cm³/mol. The van der Waals surface area contributed by atoms with Crippen molar-refractivity contribution in [2.75, 3.05) is 5.32 Å². The van der Waals surface area contributed by atoms with Crippen LogP contribution in [0.25, 0.3) is 0 Å². The van der Waals surface area contributed by atoms with Gasteiger partial charge in [0.25, 0.3) is 0 Å². The summed E-state index contributed by atoms with van der Waals surface area (Å²) in [5.74, 6) is 1.30. The van der Waals surface area contributed by atoms with E-state index >= 15 is 0 Å². The van der Waals surface area contributed by atoms with E-state index in [-0.39, 0.29) is 12.3 Å². The van der Waals surface area contributed by atoms with Crippen LogP contribution in [-0.4, -0.2) is 5.91 Å². The van der Waals surface area contributed by atoms with Gasteiger partial charge in [-0.2, -0.15) is 5.26 Å². The summed E-state index contributed by atoms with van der Waals surface area (Å²) in [6, 6.07) is 32.6. The molecule has 0 bridgehead atoms. The summed E-state index contributed by atoms with van der Waals surface area (Å²) < 4.78 is 5.97. The number of hydrogen-bond acceptors (Lipinski definition) is 4. The van der Waals surface area contributed by atoms with Gasteiger partial charge in [-0.1, -0.05) is 72.3 Å². The van der Waals surface area contributed by atoms with E-state index in [1.54, 1.807) is 36.0 Å². The zero-order valence-corrected chi connectivity index (χ0v) is 20.5. The van der Waals surface area contributed by atoms with E-state index in [1.165, 1.54) is 5.56 Å². The number of carbonyl (C=O) groups excluding carboxylic acids is 1. The molecule has 0 aliphatic heterocycles. The number of nitrogens with one attached hydrogen (secondary N) is 1. The first kappa shape index (κ1) is 24.4. The lowest BCUT2D eigenvalue weighted by atomic mass is 10.1. The smallest absolute Gasteiger partial charge is 0.228 e. The summed E-state index contributed by atoms with van der Waals surface area (Å²) in [6.07, 6.45) is 0.201. The molecule has 0 heterocycles. The van der Waals surface area contributed by atoms with Gasteiger partial charge in [0.1, 0.15) is 12.4 Å². The fraction of sp³-hybridized carbons (Fsp3) is 0.103. The van der Waals surface area contributed by atoms with Gasteiger partial charge in [-0.15, -0.1) is 11.8 Å². The summed E-state index contributed by atoms with van der Waals surface area (Å²) >= 11 is 7.89. The molecular weight excluding hydrogens is 476 g/mol. The standard InChI is InChI=1S/C29H23ClN2O2S/c30-27-12-5-4-10-23(27)16-29(33)32-25-14-13-24(19-34-26-11-6-9-22(15-26)18-31)28(17-25)35-20-21-7-2-1-3-8-21/h1-15,17H,16,19-20H2,(H,32,33). The van der Waals surface area contributed by atoms with Gasteiger partial charge in [0.15, 0.2) is 0 Å². The Kier molecular flexibility index (Phi) is 8.45. The molecule has 4 aromatic rings. The Morgan fingerprint density at radius 3 is 2.51 bits per heavy atom. The third kappa shape index (κ3) is 7.13. The van der Waals surface area contributed by atoms with E-state index in [1.807, 2.05) is 60.7 Å². The Labute approximate surface area is 214 Å². The van der Waals surface area contributed by atoms with Crippen LogP contribution in [0.15, 0.2) is 102 Å². The Morgan fingerprint density at radius 1 is 0.914 bits per heavy atom. The molecule has 0 saturated heterocycles. The highest BCUT2D eigenvalue weighted by Gasteiger charge is 2.11. The highest BCUT2D eigenvalue weighted by atomic mass is 35.5. The molecule has 4 rings (SSSR count). The van der Waals surface area contributed by atoms with Crippen molar-refractivity contribution in [3.63, 3.8) is 0 Å². The van der Waals surface area contributed by atoms with Crippen LogP contribution in [0.5, 0.6) is 5.75 Å². The van der Waals surface area contributed by atoms with Crippen LogP contribution in [0, 0.1) is 11.3 Å². The van der Waals surface area contributed by atoms with Crippen molar-refractivity contribution in [2.24, 2.45) is 0 Å². The minimum Gasteiger partial charge on any atom is -0.489 e. The van der Waals surface area contributed by atoms with Crippen LogP contribution in [-0.2, 0) is 23.6 Å². The molecule has 0 atom stereocenters. The average Bonchev–Trinajstić information content (AvgIpc) is 2.89. The molecule has 6 heteroatoms. The molecule has 4 aromatic carbocycles. The molecule has 35 heavy (non-hydrogen) atoms.